The fourth-order valence-electron chi connectivity index (χ4n) is 5.55. The Kier molecular flexibility index (Phi) is 3.37. The van der Waals surface area contributed by atoms with E-state index in [0.717, 1.165) is 29.4 Å². The van der Waals surface area contributed by atoms with Gasteiger partial charge in [0.2, 0.25) is 5.88 Å². The fraction of sp³-hybridized carbons (Fsp3) is 0.765. The molecule has 0 radical (unpaired) electrons. The summed E-state index contributed by atoms with van der Waals surface area (Å²) < 4.78 is 5.14. The summed E-state index contributed by atoms with van der Waals surface area (Å²) in [6.07, 6.45) is 8.75. The van der Waals surface area contributed by atoms with Crippen molar-refractivity contribution in [3.8, 4) is 5.88 Å². The van der Waals surface area contributed by atoms with Crippen LogP contribution in [0.1, 0.15) is 37.8 Å². The lowest BCUT2D eigenvalue weighted by Crippen LogP contribution is -2.49. The third-order valence-electron chi connectivity index (χ3n) is 6.07. The summed E-state index contributed by atoms with van der Waals surface area (Å²) in [4.78, 5) is 8.32. The molecule has 4 bridgehead atoms. The van der Waals surface area contributed by atoms with E-state index in [4.69, 9.17) is 4.74 Å². The van der Waals surface area contributed by atoms with Gasteiger partial charge in [-0.25, -0.2) is 9.97 Å². The van der Waals surface area contributed by atoms with E-state index in [1.807, 2.05) is 6.07 Å². The molecule has 1 aromatic rings. The molecule has 4 aliphatic rings. The minimum absolute atomic E-state index is 0.264. The van der Waals surface area contributed by atoms with Crippen molar-refractivity contribution in [2.24, 2.45) is 29.6 Å². The molecule has 0 aromatic carbocycles. The van der Waals surface area contributed by atoms with E-state index in [-0.39, 0.29) is 6.10 Å². The summed E-state index contributed by atoms with van der Waals surface area (Å²) in [5.74, 6) is 4.47. The molecule has 0 amide bonds. The van der Waals surface area contributed by atoms with Crippen molar-refractivity contribution in [3.63, 3.8) is 0 Å². The van der Waals surface area contributed by atoms with E-state index < -0.39 is 0 Å². The van der Waals surface area contributed by atoms with Crippen LogP contribution >= 0.6 is 0 Å². The topological polar surface area (TPSA) is 55.2 Å². The van der Waals surface area contributed by atoms with Gasteiger partial charge in [0.25, 0.3) is 0 Å². The van der Waals surface area contributed by atoms with E-state index in [0.29, 0.717) is 18.2 Å². The lowest BCUT2D eigenvalue weighted by atomic mass is 9.50. The predicted octanol–water partition coefficient (Wildman–Crippen LogP) is 2.46. The van der Waals surface area contributed by atoms with Crippen LogP contribution in [-0.2, 0) is 6.42 Å². The quantitative estimate of drug-likeness (QED) is 0.924. The number of rotatable bonds is 4. The van der Waals surface area contributed by atoms with Crippen LogP contribution in [0.2, 0.25) is 0 Å². The third-order valence-corrected chi connectivity index (χ3v) is 6.07. The van der Waals surface area contributed by atoms with Crippen molar-refractivity contribution < 1.29 is 9.84 Å². The van der Waals surface area contributed by atoms with Gasteiger partial charge in [-0.2, -0.15) is 0 Å². The van der Waals surface area contributed by atoms with Crippen LogP contribution < -0.4 is 4.74 Å². The minimum Gasteiger partial charge on any atom is -0.481 e. The van der Waals surface area contributed by atoms with Crippen LogP contribution in [-0.4, -0.2) is 28.3 Å². The van der Waals surface area contributed by atoms with Crippen molar-refractivity contribution in [2.45, 2.75) is 44.6 Å². The molecule has 21 heavy (non-hydrogen) atoms. The molecule has 1 unspecified atom stereocenters. The summed E-state index contributed by atoms with van der Waals surface area (Å²) in [5, 5.41) is 10.8. The van der Waals surface area contributed by atoms with Crippen LogP contribution in [0.3, 0.4) is 0 Å². The van der Waals surface area contributed by atoms with Gasteiger partial charge >= 0.3 is 0 Å². The van der Waals surface area contributed by atoms with Gasteiger partial charge < -0.3 is 9.84 Å². The monoisotopic (exact) mass is 288 g/mol. The summed E-state index contributed by atoms with van der Waals surface area (Å²) in [6, 6.07) is 1.85. The number of methoxy groups -OCH3 is 1. The largest absolute Gasteiger partial charge is 0.481 e. The van der Waals surface area contributed by atoms with Crippen LogP contribution in [0.15, 0.2) is 12.4 Å². The average molecular weight is 288 g/mol. The van der Waals surface area contributed by atoms with Gasteiger partial charge in [-0.3, -0.25) is 0 Å². The highest BCUT2D eigenvalue weighted by Gasteiger charge is 2.50. The third kappa shape index (κ3) is 2.44. The van der Waals surface area contributed by atoms with Gasteiger partial charge in [0.1, 0.15) is 6.33 Å². The molecule has 1 atom stereocenters. The Morgan fingerprint density at radius 3 is 2.43 bits per heavy atom. The molecule has 4 heteroatoms. The number of hydrogen-bond donors (Lipinski definition) is 1. The Balaban J connectivity index is 1.48. The van der Waals surface area contributed by atoms with Gasteiger partial charge in [0.05, 0.1) is 18.9 Å². The second kappa shape index (κ2) is 5.24. The molecule has 4 nitrogen and oxygen atoms in total. The molecule has 5 rings (SSSR count). The first kappa shape index (κ1) is 13.5. The van der Waals surface area contributed by atoms with Gasteiger partial charge in [-0.1, -0.05) is 0 Å². The zero-order chi connectivity index (χ0) is 14.4. The van der Waals surface area contributed by atoms with Crippen molar-refractivity contribution in [2.75, 3.05) is 7.11 Å². The molecular formula is C17H24N2O2. The zero-order valence-corrected chi connectivity index (χ0v) is 12.6. The smallest absolute Gasteiger partial charge is 0.216 e. The van der Waals surface area contributed by atoms with E-state index in [9.17, 15) is 5.11 Å². The molecular weight excluding hydrogens is 264 g/mol. The maximum Gasteiger partial charge on any atom is 0.216 e. The summed E-state index contributed by atoms with van der Waals surface area (Å²) in [5.41, 5.74) is 0.892. The maximum atomic E-state index is 10.8. The standard InChI is InChI=1S/C17H24N2O2/c1-21-16-8-14(18-9-19-16)7-15(20)17-12-3-10-2-11(5-12)6-13(17)4-10/h8-13,15,17,20H,2-7H2,1H3. The SMILES string of the molecule is COc1cc(CC(O)C2C3CC4CC(C3)CC2C4)ncn1. The van der Waals surface area contributed by atoms with Crippen LogP contribution in [0.25, 0.3) is 0 Å². The minimum atomic E-state index is -0.264. The summed E-state index contributed by atoms with van der Waals surface area (Å²) in [7, 11) is 1.61. The second-order valence-electron chi connectivity index (χ2n) is 7.33. The highest BCUT2D eigenvalue weighted by atomic mass is 16.5. The zero-order valence-electron chi connectivity index (χ0n) is 12.6. The number of ether oxygens (including phenoxy) is 1. The van der Waals surface area contributed by atoms with Crippen molar-refractivity contribution >= 4 is 0 Å². The Morgan fingerprint density at radius 2 is 1.81 bits per heavy atom. The van der Waals surface area contributed by atoms with Gasteiger partial charge in [0.15, 0.2) is 0 Å². The first-order valence-corrected chi connectivity index (χ1v) is 8.26. The van der Waals surface area contributed by atoms with E-state index >= 15 is 0 Å². The maximum absolute atomic E-state index is 10.8. The Bertz CT molecular complexity index is 491. The lowest BCUT2D eigenvalue weighted by molar-refractivity contribution is -0.0889. The van der Waals surface area contributed by atoms with E-state index in [1.54, 1.807) is 7.11 Å². The molecule has 4 aliphatic carbocycles. The van der Waals surface area contributed by atoms with Crippen molar-refractivity contribution in [1.82, 2.24) is 9.97 Å². The fourth-order valence-corrected chi connectivity index (χ4v) is 5.55. The summed E-state index contributed by atoms with van der Waals surface area (Å²) in [6.45, 7) is 0. The van der Waals surface area contributed by atoms with Crippen LogP contribution in [0.4, 0.5) is 0 Å². The normalized spacial score (nSPS) is 38.5. The average Bonchev–Trinajstić information content (AvgIpc) is 2.46. The van der Waals surface area contributed by atoms with Gasteiger partial charge in [-0.15, -0.1) is 0 Å². The molecule has 114 valence electrons. The van der Waals surface area contributed by atoms with Crippen LogP contribution in [0.5, 0.6) is 5.88 Å². The Morgan fingerprint density at radius 1 is 1.14 bits per heavy atom. The molecule has 1 heterocycles. The number of aromatic nitrogens is 2. The highest BCUT2D eigenvalue weighted by Crippen LogP contribution is 2.57. The molecule has 4 saturated carbocycles. The molecule has 0 saturated heterocycles. The Labute approximate surface area is 126 Å². The number of aliphatic hydroxyl groups excluding tert-OH is 1. The highest BCUT2D eigenvalue weighted by molar-refractivity contribution is 5.14. The first-order valence-electron chi connectivity index (χ1n) is 8.26. The van der Waals surface area contributed by atoms with E-state index in [2.05, 4.69) is 9.97 Å². The molecule has 0 spiro atoms. The van der Waals surface area contributed by atoms with Crippen LogP contribution in [0, 0.1) is 29.6 Å². The predicted molar refractivity (Wildman–Crippen MR) is 78.8 cm³/mol. The summed E-state index contributed by atoms with van der Waals surface area (Å²) >= 11 is 0. The van der Waals surface area contributed by atoms with Gasteiger partial charge in [-0.05, 0) is 61.7 Å². The molecule has 1 N–H and O–H groups in total. The Hall–Kier alpha value is -1.16. The number of hydrogen-bond acceptors (Lipinski definition) is 4. The molecule has 1 aromatic heterocycles. The molecule has 4 fully saturated rings. The van der Waals surface area contributed by atoms with Crippen molar-refractivity contribution in [1.29, 1.82) is 0 Å². The molecule has 0 aliphatic heterocycles. The lowest BCUT2D eigenvalue weighted by Gasteiger charge is -2.55. The first-order chi connectivity index (χ1) is 10.2. The number of aliphatic hydroxyl groups is 1. The van der Waals surface area contributed by atoms with E-state index in [1.165, 1.54) is 38.4 Å². The van der Waals surface area contributed by atoms with Crippen molar-refractivity contribution in [3.05, 3.63) is 18.1 Å². The van der Waals surface area contributed by atoms with Gasteiger partial charge in [0, 0.05) is 12.5 Å². The number of nitrogens with zero attached hydrogens (tertiary/aromatic N) is 2. The second-order valence-corrected chi connectivity index (χ2v) is 7.33.